The van der Waals surface area contributed by atoms with E-state index in [0.717, 1.165) is 5.56 Å². The lowest BCUT2D eigenvalue weighted by molar-refractivity contribution is -0.132. The fourth-order valence-corrected chi connectivity index (χ4v) is 2.62. The topological polar surface area (TPSA) is 87.7 Å². The number of benzene rings is 2. The average Bonchev–Trinajstić information content (AvgIpc) is 2.65. The summed E-state index contributed by atoms with van der Waals surface area (Å²) >= 11 is 5.93. The first kappa shape index (κ1) is 21.2. The predicted molar refractivity (Wildman–Crippen MR) is 108 cm³/mol. The predicted octanol–water partition coefficient (Wildman–Crippen LogP) is 2.48. The number of ether oxygens (including phenoxy) is 1. The quantitative estimate of drug-likeness (QED) is 0.743. The second kappa shape index (κ2) is 9.75. The molecule has 0 saturated carbocycles. The molecule has 0 aliphatic carbocycles. The highest BCUT2D eigenvalue weighted by Crippen LogP contribution is 2.27. The van der Waals surface area contributed by atoms with Crippen LogP contribution in [0, 0.1) is 6.92 Å². The Morgan fingerprint density at radius 3 is 2.57 bits per heavy atom. The van der Waals surface area contributed by atoms with Gasteiger partial charge in [-0.2, -0.15) is 0 Å². The molecule has 0 spiro atoms. The minimum atomic E-state index is -0.415. The van der Waals surface area contributed by atoms with Crippen molar-refractivity contribution in [2.24, 2.45) is 0 Å². The Morgan fingerprint density at radius 2 is 1.89 bits per heavy atom. The van der Waals surface area contributed by atoms with Crippen molar-refractivity contribution in [1.82, 2.24) is 10.2 Å². The number of hydrogen-bond donors (Lipinski definition) is 2. The van der Waals surface area contributed by atoms with Crippen molar-refractivity contribution in [1.29, 1.82) is 0 Å². The number of carbonyl (C=O) groups excluding carboxylic acids is 3. The number of carbonyl (C=O) groups is 3. The lowest BCUT2D eigenvalue weighted by Gasteiger charge is -2.18. The number of halogens is 1. The van der Waals surface area contributed by atoms with Crippen LogP contribution in [0.2, 0.25) is 5.02 Å². The van der Waals surface area contributed by atoms with E-state index in [4.69, 9.17) is 16.3 Å². The summed E-state index contributed by atoms with van der Waals surface area (Å²) < 4.78 is 5.17. The lowest BCUT2D eigenvalue weighted by Crippen LogP contribution is -2.41. The molecule has 0 fully saturated rings. The Labute approximate surface area is 168 Å². The number of anilines is 1. The van der Waals surface area contributed by atoms with Gasteiger partial charge < -0.3 is 20.3 Å². The van der Waals surface area contributed by atoms with E-state index in [-0.39, 0.29) is 19.0 Å². The van der Waals surface area contributed by atoms with Gasteiger partial charge in [-0.3, -0.25) is 14.4 Å². The molecule has 0 aromatic heterocycles. The van der Waals surface area contributed by atoms with Crippen LogP contribution in [0.1, 0.15) is 15.9 Å². The van der Waals surface area contributed by atoms with Crippen molar-refractivity contribution in [3.05, 3.63) is 58.6 Å². The molecule has 0 bridgehead atoms. The summed E-state index contributed by atoms with van der Waals surface area (Å²) in [5.41, 5.74) is 1.83. The number of nitrogens with one attached hydrogen (secondary N) is 2. The van der Waals surface area contributed by atoms with E-state index in [1.807, 2.05) is 13.0 Å². The average molecular weight is 404 g/mol. The van der Waals surface area contributed by atoms with Crippen LogP contribution in [0.25, 0.3) is 0 Å². The van der Waals surface area contributed by atoms with E-state index in [9.17, 15) is 14.4 Å². The summed E-state index contributed by atoms with van der Waals surface area (Å²) in [6, 6.07) is 11.9. The van der Waals surface area contributed by atoms with Crippen LogP contribution in [0.5, 0.6) is 5.75 Å². The molecule has 0 atom stereocenters. The fourth-order valence-electron chi connectivity index (χ4n) is 2.45. The van der Waals surface area contributed by atoms with Crippen molar-refractivity contribution in [3.63, 3.8) is 0 Å². The molecule has 0 radical (unpaired) electrons. The van der Waals surface area contributed by atoms with E-state index in [1.165, 1.54) is 19.1 Å². The standard InChI is InChI=1S/C20H22ClN3O4/c1-13-5-4-6-14(9-13)20(27)22-11-19(26)24(2)12-18(25)23-16-10-15(21)7-8-17(16)28-3/h4-10H,11-12H2,1-3H3,(H,22,27)(H,23,25). The fraction of sp³-hybridized carbons (Fsp3) is 0.250. The van der Waals surface area contributed by atoms with Gasteiger partial charge in [-0.15, -0.1) is 0 Å². The van der Waals surface area contributed by atoms with Crippen molar-refractivity contribution in [3.8, 4) is 5.75 Å². The molecule has 0 heterocycles. The van der Waals surface area contributed by atoms with Crippen molar-refractivity contribution >= 4 is 35.0 Å². The van der Waals surface area contributed by atoms with Crippen LogP contribution in [-0.4, -0.2) is 49.9 Å². The van der Waals surface area contributed by atoms with E-state index in [2.05, 4.69) is 10.6 Å². The van der Waals surface area contributed by atoms with E-state index in [1.54, 1.807) is 36.4 Å². The molecule has 0 aliphatic heterocycles. The highest BCUT2D eigenvalue weighted by atomic mass is 35.5. The first-order valence-corrected chi connectivity index (χ1v) is 8.90. The lowest BCUT2D eigenvalue weighted by atomic mass is 10.1. The SMILES string of the molecule is COc1ccc(Cl)cc1NC(=O)CN(C)C(=O)CNC(=O)c1cccc(C)c1. The maximum absolute atomic E-state index is 12.2. The van der Waals surface area contributed by atoms with Gasteiger partial charge >= 0.3 is 0 Å². The monoisotopic (exact) mass is 403 g/mol. The van der Waals surface area contributed by atoms with Crippen LogP contribution in [0.3, 0.4) is 0 Å². The Balaban J connectivity index is 1.87. The molecule has 2 rings (SSSR count). The first-order valence-electron chi connectivity index (χ1n) is 8.52. The zero-order valence-electron chi connectivity index (χ0n) is 15.9. The second-order valence-electron chi connectivity index (χ2n) is 6.19. The molecule has 7 nitrogen and oxygen atoms in total. The Morgan fingerprint density at radius 1 is 1.14 bits per heavy atom. The number of likely N-dealkylation sites (N-methyl/N-ethyl adjacent to an activating group) is 1. The van der Waals surface area contributed by atoms with Gasteiger partial charge in [0.1, 0.15) is 5.75 Å². The molecule has 0 unspecified atom stereocenters. The Hall–Kier alpha value is -3.06. The number of amides is 3. The molecule has 8 heteroatoms. The van der Waals surface area contributed by atoms with Crippen molar-refractivity contribution < 1.29 is 19.1 Å². The van der Waals surface area contributed by atoms with Gasteiger partial charge in [0, 0.05) is 17.6 Å². The maximum atomic E-state index is 12.2. The van der Waals surface area contributed by atoms with E-state index < -0.39 is 11.8 Å². The van der Waals surface area contributed by atoms with Gasteiger partial charge in [0.25, 0.3) is 5.91 Å². The number of aryl methyl sites for hydroxylation is 1. The minimum Gasteiger partial charge on any atom is -0.495 e. The van der Waals surface area contributed by atoms with Gasteiger partial charge in [-0.25, -0.2) is 0 Å². The summed E-state index contributed by atoms with van der Waals surface area (Å²) in [6.45, 7) is 1.48. The third-order valence-electron chi connectivity index (χ3n) is 3.92. The highest BCUT2D eigenvalue weighted by molar-refractivity contribution is 6.31. The van der Waals surface area contributed by atoms with Gasteiger partial charge in [-0.05, 0) is 37.3 Å². The molecular formula is C20H22ClN3O4. The summed E-state index contributed by atoms with van der Waals surface area (Å²) in [4.78, 5) is 37.7. The van der Waals surface area contributed by atoms with Crippen LogP contribution in [0.4, 0.5) is 5.69 Å². The minimum absolute atomic E-state index is 0.186. The van der Waals surface area contributed by atoms with Crippen LogP contribution < -0.4 is 15.4 Å². The second-order valence-corrected chi connectivity index (χ2v) is 6.63. The molecule has 28 heavy (non-hydrogen) atoms. The molecule has 3 amide bonds. The number of rotatable bonds is 7. The Bertz CT molecular complexity index is 886. The smallest absolute Gasteiger partial charge is 0.251 e. The van der Waals surface area contributed by atoms with Crippen LogP contribution >= 0.6 is 11.6 Å². The normalized spacial score (nSPS) is 10.1. The molecular weight excluding hydrogens is 382 g/mol. The number of methoxy groups -OCH3 is 1. The first-order chi connectivity index (χ1) is 13.3. The third-order valence-corrected chi connectivity index (χ3v) is 4.16. The maximum Gasteiger partial charge on any atom is 0.251 e. The molecule has 0 saturated heterocycles. The zero-order valence-corrected chi connectivity index (χ0v) is 16.7. The molecule has 0 aliphatic rings. The molecule has 2 N–H and O–H groups in total. The molecule has 2 aromatic carbocycles. The van der Waals surface area contributed by atoms with Gasteiger partial charge in [-0.1, -0.05) is 29.3 Å². The largest absolute Gasteiger partial charge is 0.495 e. The summed E-state index contributed by atoms with van der Waals surface area (Å²) in [6.07, 6.45) is 0. The Kier molecular flexibility index (Phi) is 7.40. The van der Waals surface area contributed by atoms with Gasteiger partial charge in [0.05, 0.1) is 25.9 Å². The van der Waals surface area contributed by atoms with Crippen LogP contribution in [0.15, 0.2) is 42.5 Å². The van der Waals surface area contributed by atoms with Crippen molar-refractivity contribution in [2.45, 2.75) is 6.92 Å². The summed E-state index contributed by atoms with van der Waals surface area (Å²) in [5.74, 6) is -0.702. The van der Waals surface area contributed by atoms with Gasteiger partial charge in [0.15, 0.2) is 0 Å². The van der Waals surface area contributed by atoms with E-state index in [0.29, 0.717) is 22.0 Å². The van der Waals surface area contributed by atoms with E-state index >= 15 is 0 Å². The highest BCUT2D eigenvalue weighted by Gasteiger charge is 2.16. The molecule has 148 valence electrons. The van der Waals surface area contributed by atoms with Gasteiger partial charge in [0.2, 0.25) is 11.8 Å². The zero-order chi connectivity index (χ0) is 20.7. The molecule has 2 aromatic rings. The number of hydrogen-bond acceptors (Lipinski definition) is 4. The summed E-state index contributed by atoms with van der Waals surface area (Å²) in [7, 11) is 2.96. The van der Waals surface area contributed by atoms with Crippen LogP contribution in [-0.2, 0) is 9.59 Å². The number of nitrogens with zero attached hydrogens (tertiary/aromatic N) is 1. The third kappa shape index (κ3) is 5.99. The summed E-state index contributed by atoms with van der Waals surface area (Å²) in [5, 5.41) is 5.66. The van der Waals surface area contributed by atoms with Crippen molar-refractivity contribution in [2.75, 3.05) is 32.6 Å².